The predicted molar refractivity (Wildman–Crippen MR) is 74.6 cm³/mol. The number of aliphatic carboxylic acids is 1. The van der Waals surface area contributed by atoms with E-state index in [2.05, 4.69) is 10.3 Å². The first-order valence-electron chi connectivity index (χ1n) is 6.17. The van der Waals surface area contributed by atoms with Crippen LogP contribution in [0.2, 0.25) is 0 Å². The molecule has 0 saturated heterocycles. The third kappa shape index (κ3) is 3.91. The zero-order valence-electron chi connectivity index (χ0n) is 10.7. The van der Waals surface area contributed by atoms with E-state index in [1.54, 1.807) is 36.7 Å². The van der Waals surface area contributed by atoms with Gasteiger partial charge in [0.2, 0.25) is 0 Å². The lowest BCUT2D eigenvalue weighted by Gasteiger charge is -2.06. The van der Waals surface area contributed by atoms with Crippen molar-refractivity contribution in [3.8, 4) is 0 Å². The van der Waals surface area contributed by atoms with Crippen molar-refractivity contribution in [3.63, 3.8) is 0 Å². The van der Waals surface area contributed by atoms with Crippen LogP contribution in [0.25, 0.3) is 0 Å². The molecule has 0 atom stereocenters. The van der Waals surface area contributed by atoms with E-state index >= 15 is 0 Å². The molecule has 0 radical (unpaired) electrons. The van der Waals surface area contributed by atoms with Crippen molar-refractivity contribution in [2.24, 2.45) is 0 Å². The van der Waals surface area contributed by atoms with Gasteiger partial charge in [-0.15, -0.1) is 0 Å². The summed E-state index contributed by atoms with van der Waals surface area (Å²) in [7, 11) is 0. The van der Waals surface area contributed by atoms with E-state index in [1.165, 1.54) is 0 Å². The van der Waals surface area contributed by atoms with E-state index in [0.29, 0.717) is 17.7 Å². The Morgan fingerprint density at radius 3 is 2.30 bits per heavy atom. The van der Waals surface area contributed by atoms with Gasteiger partial charge in [-0.2, -0.15) is 0 Å². The molecule has 0 aliphatic carbocycles. The second-order valence-corrected chi connectivity index (χ2v) is 4.28. The summed E-state index contributed by atoms with van der Waals surface area (Å²) >= 11 is 0. The molecule has 1 amide bonds. The van der Waals surface area contributed by atoms with Gasteiger partial charge in [0.05, 0.1) is 0 Å². The van der Waals surface area contributed by atoms with E-state index in [4.69, 9.17) is 5.11 Å². The monoisotopic (exact) mass is 270 g/mol. The van der Waals surface area contributed by atoms with Crippen LogP contribution in [0, 0.1) is 0 Å². The topological polar surface area (TPSA) is 79.3 Å². The molecule has 5 heteroatoms. The van der Waals surface area contributed by atoms with Gasteiger partial charge in [-0.1, -0.05) is 12.1 Å². The number of aryl methyl sites for hydroxylation is 1. The molecule has 102 valence electrons. The molecular weight excluding hydrogens is 256 g/mol. The first-order valence-corrected chi connectivity index (χ1v) is 6.17. The van der Waals surface area contributed by atoms with Crippen LogP contribution in [0.15, 0.2) is 48.8 Å². The molecule has 1 aromatic carbocycles. The molecule has 0 aliphatic rings. The Morgan fingerprint density at radius 1 is 1.05 bits per heavy atom. The molecule has 2 rings (SSSR count). The van der Waals surface area contributed by atoms with Gasteiger partial charge in [0.25, 0.3) is 5.91 Å². The van der Waals surface area contributed by atoms with Crippen molar-refractivity contribution in [1.82, 2.24) is 4.98 Å². The lowest BCUT2D eigenvalue weighted by atomic mass is 10.1. The number of anilines is 1. The maximum absolute atomic E-state index is 11.9. The summed E-state index contributed by atoms with van der Waals surface area (Å²) in [5.74, 6) is -1.02. The summed E-state index contributed by atoms with van der Waals surface area (Å²) < 4.78 is 0. The highest BCUT2D eigenvalue weighted by atomic mass is 16.4. The minimum absolute atomic E-state index is 0.0999. The lowest BCUT2D eigenvalue weighted by molar-refractivity contribution is -0.136. The second-order valence-electron chi connectivity index (χ2n) is 4.28. The number of hydrogen-bond donors (Lipinski definition) is 2. The largest absolute Gasteiger partial charge is 0.481 e. The minimum Gasteiger partial charge on any atom is -0.481 e. The molecule has 0 saturated carbocycles. The quantitative estimate of drug-likeness (QED) is 0.874. The molecule has 2 aromatic rings. The molecule has 1 aromatic heterocycles. The van der Waals surface area contributed by atoms with Crippen molar-refractivity contribution in [1.29, 1.82) is 0 Å². The van der Waals surface area contributed by atoms with Gasteiger partial charge in [-0.05, 0) is 36.2 Å². The minimum atomic E-state index is -0.819. The number of rotatable bonds is 5. The Kier molecular flexibility index (Phi) is 4.44. The Hall–Kier alpha value is -2.69. The molecule has 0 fully saturated rings. The molecule has 5 nitrogen and oxygen atoms in total. The van der Waals surface area contributed by atoms with Gasteiger partial charge in [-0.3, -0.25) is 14.6 Å². The van der Waals surface area contributed by atoms with Crippen LogP contribution in [-0.4, -0.2) is 22.0 Å². The predicted octanol–water partition coefficient (Wildman–Crippen LogP) is 2.35. The fourth-order valence-electron chi connectivity index (χ4n) is 1.71. The first-order chi connectivity index (χ1) is 9.65. The van der Waals surface area contributed by atoms with E-state index in [1.807, 2.05) is 12.1 Å². The summed E-state index contributed by atoms with van der Waals surface area (Å²) in [6.07, 6.45) is 3.70. The molecule has 0 unspecified atom stereocenters. The Bertz CT molecular complexity index is 594. The van der Waals surface area contributed by atoms with Gasteiger partial charge >= 0.3 is 5.97 Å². The van der Waals surface area contributed by atoms with Crippen molar-refractivity contribution < 1.29 is 14.7 Å². The first kappa shape index (κ1) is 13.7. The number of amides is 1. The van der Waals surface area contributed by atoms with Crippen LogP contribution in [0.5, 0.6) is 0 Å². The van der Waals surface area contributed by atoms with Gasteiger partial charge in [0, 0.05) is 30.1 Å². The number of pyridine rings is 1. The third-order valence-corrected chi connectivity index (χ3v) is 2.78. The average molecular weight is 270 g/mol. The van der Waals surface area contributed by atoms with Gasteiger partial charge in [0.1, 0.15) is 0 Å². The van der Waals surface area contributed by atoms with Crippen molar-refractivity contribution in [3.05, 3.63) is 59.9 Å². The van der Waals surface area contributed by atoms with Crippen LogP contribution in [0.4, 0.5) is 5.69 Å². The number of aromatic nitrogens is 1. The highest BCUT2D eigenvalue weighted by molar-refractivity contribution is 6.04. The summed E-state index contributed by atoms with van der Waals surface area (Å²) in [6, 6.07) is 10.4. The number of nitrogens with zero attached hydrogens (tertiary/aromatic N) is 1. The zero-order valence-corrected chi connectivity index (χ0v) is 10.7. The van der Waals surface area contributed by atoms with Crippen LogP contribution in [0.3, 0.4) is 0 Å². The normalized spacial score (nSPS) is 10.0. The third-order valence-electron chi connectivity index (χ3n) is 2.78. The van der Waals surface area contributed by atoms with Crippen molar-refractivity contribution >= 4 is 17.6 Å². The summed E-state index contributed by atoms with van der Waals surface area (Å²) in [6.45, 7) is 0. The standard InChI is InChI=1S/C15H14N2O3/c18-14(19)6-3-11-1-4-13(5-2-11)17-15(20)12-7-9-16-10-8-12/h1-2,4-5,7-10H,3,6H2,(H,17,20)(H,18,19). The van der Waals surface area contributed by atoms with Gasteiger partial charge < -0.3 is 10.4 Å². The number of carbonyl (C=O) groups is 2. The van der Waals surface area contributed by atoms with Gasteiger partial charge in [-0.25, -0.2) is 0 Å². The lowest BCUT2D eigenvalue weighted by Crippen LogP contribution is -2.11. The number of hydrogen-bond acceptors (Lipinski definition) is 3. The number of benzene rings is 1. The zero-order chi connectivity index (χ0) is 14.4. The van der Waals surface area contributed by atoms with E-state index in [0.717, 1.165) is 5.56 Å². The summed E-state index contributed by atoms with van der Waals surface area (Å²) in [5.41, 5.74) is 2.13. The van der Waals surface area contributed by atoms with Crippen LogP contribution >= 0.6 is 0 Å². The molecule has 0 bridgehead atoms. The van der Waals surface area contributed by atoms with Crippen LogP contribution in [-0.2, 0) is 11.2 Å². The smallest absolute Gasteiger partial charge is 0.303 e. The number of carboxylic acids is 1. The Labute approximate surface area is 116 Å². The second kappa shape index (κ2) is 6.47. The fourth-order valence-corrected chi connectivity index (χ4v) is 1.71. The molecule has 0 aliphatic heterocycles. The molecule has 20 heavy (non-hydrogen) atoms. The highest BCUT2D eigenvalue weighted by Gasteiger charge is 2.05. The molecule has 1 heterocycles. The molecular formula is C15H14N2O3. The summed E-state index contributed by atoms with van der Waals surface area (Å²) in [5, 5.41) is 11.4. The van der Waals surface area contributed by atoms with Crippen molar-refractivity contribution in [2.75, 3.05) is 5.32 Å². The van der Waals surface area contributed by atoms with Gasteiger partial charge in [0.15, 0.2) is 0 Å². The number of nitrogens with one attached hydrogen (secondary N) is 1. The SMILES string of the molecule is O=C(O)CCc1ccc(NC(=O)c2ccncc2)cc1. The fraction of sp³-hybridized carbons (Fsp3) is 0.133. The Morgan fingerprint density at radius 2 is 1.70 bits per heavy atom. The molecule has 0 spiro atoms. The molecule has 2 N–H and O–H groups in total. The number of carboxylic acid groups (broad SMARTS) is 1. The Balaban J connectivity index is 1.97. The maximum Gasteiger partial charge on any atom is 0.303 e. The summed E-state index contributed by atoms with van der Waals surface area (Å²) in [4.78, 5) is 26.2. The van der Waals surface area contributed by atoms with Crippen molar-refractivity contribution in [2.45, 2.75) is 12.8 Å². The van der Waals surface area contributed by atoms with E-state index < -0.39 is 5.97 Å². The maximum atomic E-state index is 11.9. The van der Waals surface area contributed by atoms with E-state index in [-0.39, 0.29) is 12.3 Å². The van der Waals surface area contributed by atoms with E-state index in [9.17, 15) is 9.59 Å². The van der Waals surface area contributed by atoms with Crippen LogP contribution < -0.4 is 5.32 Å². The highest BCUT2D eigenvalue weighted by Crippen LogP contribution is 2.12. The van der Waals surface area contributed by atoms with Crippen LogP contribution in [0.1, 0.15) is 22.3 Å². The average Bonchev–Trinajstić information content (AvgIpc) is 2.47. The number of carbonyl (C=O) groups excluding carboxylic acids is 1.